The molecule has 0 saturated carbocycles. The van der Waals surface area contributed by atoms with Crippen molar-refractivity contribution in [1.82, 2.24) is 15.1 Å². The number of fused-ring (bicyclic) bond motifs is 2. The summed E-state index contributed by atoms with van der Waals surface area (Å²) in [5, 5.41) is 3.51. The fourth-order valence-corrected chi connectivity index (χ4v) is 2.95. The maximum atomic E-state index is 11.8. The van der Waals surface area contributed by atoms with Crippen molar-refractivity contribution in [2.24, 2.45) is 5.92 Å². The summed E-state index contributed by atoms with van der Waals surface area (Å²) in [7, 11) is 3.64. The number of carbonyl (C=O) groups excluding carboxylic acids is 1. The zero-order valence-electron chi connectivity index (χ0n) is 10.6. The van der Waals surface area contributed by atoms with Gasteiger partial charge in [0.15, 0.2) is 0 Å². The summed E-state index contributed by atoms with van der Waals surface area (Å²) in [5.41, 5.74) is 0. The zero-order chi connectivity index (χ0) is 11.7. The topological polar surface area (TPSA) is 35.6 Å². The van der Waals surface area contributed by atoms with E-state index in [1.807, 2.05) is 21.0 Å². The summed E-state index contributed by atoms with van der Waals surface area (Å²) in [6.45, 7) is 5.64. The average Bonchev–Trinajstić information content (AvgIpc) is 2.64. The Labute approximate surface area is 98.0 Å². The molecule has 2 bridgehead atoms. The van der Waals surface area contributed by atoms with Crippen LogP contribution in [0.1, 0.15) is 19.8 Å². The van der Waals surface area contributed by atoms with Crippen molar-refractivity contribution < 1.29 is 4.79 Å². The maximum Gasteiger partial charge on any atom is 0.238 e. The van der Waals surface area contributed by atoms with Crippen molar-refractivity contribution in [3.63, 3.8) is 0 Å². The lowest BCUT2D eigenvalue weighted by Crippen LogP contribution is -2.51. The van der Waals surface area contributed by atoms with Crippen LogP contribution in [0.15, 0.2) is 0 Å². The molecule has 0 aromatic carbocycles. The molecule has 4 heteroatoms. The Balaban J connectivity index is 1.87. The second kappa shape index (κ2) is 4.72. The molecule has 4 atom stereocenters. The van der Waals surface area contributed by atoms with E-state index in [1.165, 1.54) is 32.5 Å². The Morgan fingerprint density at radius 2 is 2.06 bits per heavy atom. The predicted octanol–water partition coefficient (Wildman–Crippen LogP) is 0.147. The largest absolute Gasteiger partial charge is 0.347 e. The van der Waals surface area contributed by atoms with Crippen molar-refractivity contribution in [3.05, 3.63) is 0 Å². The highest BCUT2D eigenvalue weighted by Crippen LogP contribution is 2.27. The SMILES string of the molecule is CC(NC1CCN2CCC1C2)C(=O)N(C)C. The number of carbonyl (C=O) groups is 1. The van der Waals surface area contributed by atoms with Gasteiger partial charge in [-0.3, -0.25) is 4.79 Å². The van der Waals surface area contributed by atoms with Gasteiger partial charge in [-0.25, -0.2) is 0 Å². The molecule has 1 N–H and O–H groups in total. The average molecular weight is 225 g/mol. The van der Waals surface area contributed by atoms with Gasteiger partial charge in [-0.05, 0) is 38.8 Å². The van der Waals surface area contributed by atoms with Crippen molar-refractivity contribution in [1.29, 1.82) is 0 Å². The van der Waals surface area contributed by atoms with Gasteiger partial charge in [0.25, 0.3) is 0 Å². The zero-order valence-corrected chi connectivity index (χ0v) is 10.6. The maximum absolute atomic E-state index is 11.8. The van der Waals surface area contributed by atoms with E-state index in [2.05, 4.69) is 10.2 Å². The Morgan fingerprint density at radius 3 is 2.75 bits per heavy atom. The molecule has 4 nitrogen and oxygen atoms in total. The van der Waals surface area contributed by atoms with Gasteiger partial charge in [-0.15, -0.1) is 0 Å². The molecule has 2 heterocycles. The quantitative estimate of drug-likeness (QED) is 0.742. The van der Waals surface area contributed by atoms with Crippen LogP contribution in [0.5, 0.6) is 0 Å². The molecule has 4 unspecified atom stereocenters. The fourth-order valence-electron chi connectivity index (χ4n) is 2.95. The minimum Gasteiger partial charge on any atom is -0.347 e. The van der Waals surface area contributed by atoms with Crippen LogP contribution in [0.25, 0.3) is 0 Å². The van der Waals surface area contributed by atoms with E-state index >= 15 is 0 Å². The molecule has 0 aromatic heterocycles. The van der Waals surface area contributed by atoms with Gasteiger partial charge in [-0.2, -0.15) is 0 Å². The van der Waals surface area contributed by atoms with Crippen LogP contribution in [0, 0.1) is 5.92 Å². The summed E-state index contributed by atoms with van der Waals surface area (Å²) in [6, 6.07) is 0.491. The van der Waals surface area contributed by atoms with Crippen molar-refractivity contribution in [2.45, 2.75) is 31.8 Å². The molecule has 0 spiro atoms. The van der Waals surface area contributed by atoms with Gasteiger partial charge in [-0.1, -0.05) is 0 Å². The Hall–Kier alpha value is -0.610. The number of likely N-dealkylation sites (N-methyl/N-ethyl adjacent to an activating group) is 1. The van der Waals surface area contributed by atoms with Gasteiger partial charge < -0.3 is 15.1 Å². The highest BCUT2D eigenvalue weighted by Gasteiger charge is 2.35. The number of nitrogens with zero attached hydrogens (tertiary/aromatic N) is 2. The monoisotopic (exact) mass is 225 g/mol. The van der Waals surface area contributed by atoms with E-state index in [-0.39, 0.29) is 11.9 Å². The summed E-state index contributed by atoms with van der Waals surface area (Å²) >= 11 is 0. The van der Waals surface area contributed by atoms with Crippen molar-refractivity contribution >= 4 is 5.91 Å². The van der Waals surface area contributed by atoms with Crippen LogP contribution >= 0.6 is 0 Å². The molecule has 2 saturated heterocycles. The lowest BCUT2D eigenvalue weighted by molar-refractivity contribution is -0.130. The molecule has 2 fully saturated rings. The molecule has 2 rings (SSSR count). The number of amides is 1. The second-order valence-electron chi connectivity index (χ2n) is 5.37. The molecule has 2 aliphatic heterocycles. The van der Waals surface area contributed by atoms with Gasteiger partial charge in [0.05, 0.1) is 6.04 Å². The van der Waals surface area contributed by atoms with Crippen LogP contribution in [0.3, 0.4) is 0 Å². The van der Waals surface area contributed by atoms with E-state index in [1.54, 1.807) is 4.90 Å². The van der Waals surface area contributed by atoms with E-state index in [0.717, 1.165) is 5.92 Å². The summed E-state index contributed by atoms with van der Waals surface area (Å²) in [5.74, 6) is 0.937. The number of nitrogens with one attached hydrogen (secondary N) is 1. The van der Waals surface area contributed by atoms with Gasteiger partial charge in [0.1, 0.15) is 0 Å². The smallest absolute Gasteiger partial charge is 0.238 e. The Morgan fingerprint density at radius 1 is 1.38 bits per heavy atom. The Bertz CT molecular complexity index is 267. The summed E-state index contributed by atoms with van der Waals surface area (Å²) in [6.07, 6.45) is 2.48. The van der Waals surface area contributed by atoms with Crippen LogP contribution in [-0.2, 0) is 4.79 Å². The van der Waals surface area contributed by atoms with Gasteiger partial charge >= 0.3 is 0 Å². The minimum absolute atomic E-state index is 0.0489. The van der Waals surface area contributed by atoms with E-state index in [4.69, 9.17) is 0 Å². The highest BCUT2D eigenvalue weighted by atomic mass is 16.2. The van der Waals surface area contributed by atoms with Crippen LogP contribution in [0.4, 0.5) is 0 Å². The van der Waals surface area contributed by atoms with E-state index in [0.29, 0.717) is 6.04 Å². The second-order valence-corrected chi connectivity index (χ2v) is 5.37. The fraction of sp³-hybridized carbons (Fsp3) is 0.917. The normalized spacial score (nSPS) is 34.8. The summed E-state index contributed by atoms with van der Waals surface area (Å²) in [4.78, 5) is 16.0. The first kappa shape index (κ1) is 11.9. The molecule has 0 aromatic rings. The molecular formula is C12H23N3O. The highest BCUT2D eigenvalue weighted by molar-refractivity contribution is 5.80. The lowest BCUT2D eigenvalue weighted by Gasteiger charge is -2.33. The first-order valence-corrected chi connectivity index (χ1v) is 6.27. The van der Waals surface area contributed by atoms with Gasteiger partial charge in [0.2, 0.25) is 5.91 Å². The molecular weight excluding hydrogens is 202 g/mol. The van der Waals surface area contributed by atoms with Crippen LogP contribution in [-0.4, -0.2) is 61.5 Å². The van der Waals surface area contributed by atoms with Gasteiger partial charge in [0, 0.05) is 26.7 Å². The number of hydrogen-bond acceptors (Lipinski definition) is 3. The molecule has 2 aliphatic rings. The number of piperidine rings is 1. The van der Waals surface area contributed by atoms with Crippen LogP contribution in [0.2, 0.25) is 0 Å². The third-order valence-electron chi connectivity index (χ3n) is 3.91. The Kier molecular flexibility index (Phi) is 3.50. The number of hydrogen-bond donors (Lipinski definition) is 1. The molecule has 0 aliphatic carbocycles. The molecule has 92 valence electrons. The molecule has 0 radical (unpaired) electrons. The van der Waals surface area contributed by atoms with Crippen LogP contribution < -0.4 is 5.32 Å². The van der Waals surface area contributed by atoms with E-state index in [9.17, 15) is 4.79 Å². The molecule has 1 amide bonds. The molecule has 16 heavy (non-hydrogen) atoms. The third-order valence-corrected chi connectivity index (χ3v) is 3.91. The minimum atomic E-state index is -0.0489. The first-order chi connectivity index (χ1) is 7.58. The number of rotatable bonds is 3. The summed E-state index contributed by atoms with van der Waals surface area (Å²) < 4.78 is 0. The lowest BCUT2D eigenvalue weighted by atomic mass is 9.93. The van der Waals surface area contributed by atoms with Crippen molar-refractivity contribution in [2.75, 3.05) is 33.7 Å². The third kappa shape index (κ3) is 2.38. The van der Waals surface area contributed by atoms with Crippen molar-refractivity contribution in [3.8, 4) is 0 Å². The van der Waals surface area contributed by atoms with E-state index < -0.39 is 0 Å². The standard InChI is InChI=1S/C12H23N3O/c1-9(12(16)14(2)3)13-11-5-7-15-6-4-10(11)8-15/h9-11,13H,4-8H2,1-3H3. The first-order valence-electron chi connectivity index (χ1n) is 6.27. The predicted molar refractivity (Wildman–Crippen MR) is 64.2 cm³/mol.